The van der Waals surface area contributed by atoms with Gasteiger partial charge in [-0.1, -0.05) is 6.07 Å². The Morgan fingerprint density at radius 1 is 1.15 bits per heavy atom. The van der Waals surface area contributed by atoms with Crippen LogP contribution in [0.2, 0.25) is 0 Å². The molecule has 0 radical (unpaired) electrons. The zero-order valence-electron chi connectivity index (χ0n) is 19.3. The molecule has 0 aliphatic heterocycles. The Kier molecular flexibility index (Phi) is 7.32. The fourth-order valence-corrected chi connectivity index (χ4v) is 3.82. The minimum atomic E-state index is -0.870. The van der Waals surface area contributed by atoms with Crippen molar-refractivity contribution >= 4 is 5.91 Å². The molecule has 0 aliphatic rings. The van der Waals surface area contributed by atoms with Gasteiger partial charge in [-0.2, -0.15) is 0 Å². The third-order valence-electron chi connectivity index (χ3n) is 5.46. The van der Waals surface area contributed by atoms with E-state index in [1.54, 1.807) is 19.1 Å². The number of aromatic hydroxyl groups is 1. The maximum Gasteiger partial charge on any atom is 0.343 e. The highest BCUT2D eigenvalue weighted by molar-refractivity contribution is 5.78. The fourth-order valence-electron chi connectivity index (χ4n) is 3.82. The zero-order chi connectivity index (χ0) is 24.1. The highest BCUT2D eigenvalue weighted by atomic mass is 16.5. The molecular formula is C24H28N2O7. The normalized spacial score (nSPS) is 11.7. The molecule has 1 atom stereocenters. The molecule has 9 heteroatoms. The largest absolute Gasteiger partial charge is 0.507 e. The monoisotopic (exact) mass is 456 g/mol. The number of rotatable bonds is 9. The van der Waals surface area contributed by atoms with Crippen molar-refractivity contribution < 1.29 is 28.5 Å². The molecule has 33 heavy (non-hydrogen) atoms. The van der Waals surface area contributed by atoms with E-state index in [-0.39, 0.29) is 35.2 Å². The number of benzene rings is 1. The first-order valence-electron chi connectivity index (χ1n) is 10.3. The quantitative estimate of drug-likeness (QED) is 0.509. The fraction of sp³-hybridized carbons (Fsp3) is 0.333. The van der Waals surface area contributed by atoms with E-state index >= 15 is 0 Å². The van der Waals surface area contributed by atoms with Gasteiger partial charge < -0.3 is 33.6 Å². The molecule has 176 valence electrons. The average Bonchev–Trinajstić information content (AvgIpc) is 3.19. The molecule has 0 aliphatic carbocycles. The summed E-state index contributed by atoms with van der Waals surface area (Å²) < 4.78 is 23.5. The van der Waals surface area contributed by atoms with E-state index in [9.17, 15) is 14.7 Å². The molecule has 3 rings (SSSR count). The minimum absolute atomic E-state index is 0.0415. The van der Waals surface area contributed by atoms with Crippen molar-refractivity contribution in [2.24, 2.45) is 7.05 Å². The molecule has 0 bridgehead atoms. The van der Waals surface area contributed by atoms with E-state index in [4.69, 9.17) is 18.6 Å². The maximum atomic E-state index is 12.9. The third-order valence-corrected chi connectivity index (χ3v) is 5.46. The molecule has 3 aromatic rings. The Morgan fingerprint density at radius 2 is 1.88 bits per heavy atom. The van der Waals surface area contributed by atoms with E-state index < -0.39 is 11.5 Å². The SMILES string of the molecule is COc1ccc([C@@H](CC(=O)NCc2cccn2C)c2c(O)cc(C)oc2=O)c(OC)c1OC. The lowest BCUT2D eigenvalue weighted by molar-refractivity contribution is -0.121. The van der Waals surface area contributed by atoms with Crippen molar-refractivity contribution in [1.82, 2.24) is 9.88 Å². The number of hydrogen-bond acceptors (Lipinski definition) is 7. The van der Waals surface area contributed by atoms with Crippen LogP contribution in [-0.2, 0) is 18.4 Å². The van der Waals surface area contributed by atoms with Gasteiger partial charge in [-0.05, 0) is 25.1 Å². The lowest BCUT2D eigenvalue weighted by atomic mass is 9.87. The van der Waals surface area contributed by atoms with E-state index in [2.05, 4.69) is 5.32 Å². The van der Waals surface area contributed by atoms with Crippen LogP contribution in [0.15, 0.2) is 45.7 Å². The van der Waals surface area contributed by atoms with Crippen LogP contribution in [0.4, 0.5) is 0 Å². The number of nitrogens with zero attached hydrogens (tertiary/aromatic N) is 1. The Balaban J connectivity index is 2.06. The summed E-state index contributed by atoms with van der Waals surface area (Å²) in [5.74, 6) is -0.181. The van der Waals surface area contributed by atoms with Gasteiger partial charge in [-0.3, -0.25) is 4.79 Å². The molecule has 0 fully saturated rings. The topological polar surface area (TPSA) is 112 Å². The number of nitrogens with one attached hydrogen (secondary N) is 1. The Labute approximate surface area is 191 Å². The highest BCUT2D eigenvalue weighted by Crippen LogP contribution is 2.45. The number of carbonyl (C=O) groups is 1. The van der Waals surface area contributed by atoms with Crippen molar-refractivity contribution in [3.05, 3.63) is 69.5 Å². The van der Waals surface area contributed by atoms with Gasteiger partial charge in [0.2, 0.25) is 11.7 Å². The second-order valence-corrected chi connectivity index (χ2v) is 7.51. The predicted octanol–water partition coefficient (Wildman–Crippen LogP) is 2.86. The lowest BCUT2D eigenvalue weighted by Crippen LogP contribution is -2.27. The van der Waals surface area contributed by atoms with Crippen molar-refractivity contribution in [1.29, 1.82) is 0 Å². The standard InChI is InChI=1S/C24H28N2O7/c1-14-11-18(27)21(24(29)33-14)17(12-20(28)25-13-15-7-6-10-26(15)2)16-8-9-19(30-3)23(32-5)22(16)31-4/h6-11,17,27H,12-13H2,1-5H3,(H,25,28)/t17-/m1/s1. The molecule has 0 unspecified atom stereocenters. The van der Waals surface area contributed by atoms with Crippen LogP contribution in [-0.4, -0.2) is 36.9 Å². The van der Waals surface area contributed by atoms with Crippen LogP contribution >= 0.6 is 0 Å². The van der Waals surface area contributed by atoms with Crippen LogP contribution in [0, 0.1) is 6.92 Å². The van der Waals surface area contributed by atoms with Crippen LogP contribution in [0.5, 0.6) is 23.0 Å². The Hall–Kier alpha value is -3.88. The molecule has 0 spiro atoms. The smallest absolute Gasteiger partial charge is 0.343 e. The summed E-state index contributed by atoms with van der Waals surface area (Å²) in [6, 6.07) is 8.45. The van der Waals surface area contributed by atoms with E-state index in [1.807, 2.05) is 29.9 Å². The number of carbonyl (C=O) groups excluding carboxylic acids is 1. The number of amides is 1. The number of aryl methyl sites for hydroxylation is 2. The van der Waals surface area contributed by atoms with Gasteiger partial charge in [-0.15, -0.1) is 0 Å². The number of aromatic nitrogens is 1. The summed E-state index contributed by atoms with van der Waals surface area (Å²) >= 11 is 0. The molecule has 1 aromatic carbocycles. The molecule has 1 amide bonds. The van der Waals surface area contributed by atoms with E-state index in [0.717, 1.165) is 5.69 Å². The van der Waals surface area contributed by atoms with Crippen LogP contribution in [0.1, 0.15) is 34.9 Å². The van der Waals surface area contributed by atoms with Gasteiger partial charge >= 0.3 is 5.63 Å². The summed E-state index contributed by atoms with van der Waals surface area (Å²) in [6.07, 6.45) is 1.74. The number of ether oxygens (including phenoxy) is 3. The van der Waals surface area contributed by atoms with Gasteiger partial charge in [0.15, 0.2) is 11.5 Å². The number of hydrogen-bond donors (Lipinski definition) is 2. The molecule has 0 saturated carbocycles. The first-order valence-corrected chi connectivity index (χ1v) is 10.3. The summed E-state index contributed by atoms with van der Waals surface area (Å²) in [5, 5.41) is 13.5. The molecule has 0 saturated heterocycles. The summed E-state index contributed by atoms with van der Waals surface area (Å²) in [6.45, 7) is 1.87. The third kappa shape index (κ3) is 4.97. The van der Waals surface area contributed by atoms with Crippen LogP contribution < -0.4 is 25.2 Å². The minimum Gasteiger partial charge on any atom is -0.507 e. The van der Waals surface area contributed by atoms with Crippen molar-refractivity contribution in [2.75, 3.05) is 21.3 Å². The second kappa shape index (κ2) is 10.2. The van der Waals surface area contributed by atoms with E-state index in [1.165, 1.54) is 27.4 Å². The number of methoxy groups -OCH3 is 3. The Morgan fingerprint density at radius 3 is 2.45 bits per heavy atom. The molecule has 2 aromatic heterocycles. The first-order chi connectivity index (χ1) is 15.8. The van der Waals surface area contributed by atoms with Crippen LogP contribution in [0.25, 0.3) is 0 Å². The summed E-state index contributed by atoms with van der Waals surface area (Å²) in [4.78, 5) is 25.7. The second-order valence-electron chi connectivity index (χ2n) is 7.51. The van der Waals surface area contributed by atoms with Crippen molar-refractivity contribution in [3.63, 3.8) is 0 Å². The van der Waals surface area contributed by atoms with Crippen LogP contribution in [0.3, 0.4) is 0 Å². The lowest BCUT2D eigenvalue weighted by Gasteiger charge is -2.22. The van der Waals surface area contributed by atoms with Crippen molar-refractivity contribution in [3.8, 4) is 23.0 Å². The molecular weight excluding hydrogens is 428 g/mol. The van der Waals surface area contributed by atoms with Gasteiger partial charge in [-0.25, -0.2) is 4.79 Å². The van der Waals surface area contributed by atoms with Crippen molar-refractivity contribution in [2.45, 2.75) is 25.8 Å². The molecule has 2 heterocycles. The maximum absolute atomic E-state index is 12.9. The van der Waals surface area contributed by atoms with Gasteiger partial charge in [0, 0.05) is 42.9 Å². The Bertz CT molecular complexity index is 1200. The predicted molar refractivity (Wildman–Crippen MR) is 121 cm³/mol. The molecule has 9 nitrogen and oxygen atoms in total. The first kappa shape index (κ1) is 23.8. The summed E-state index contributed by atoms with van der Waals surface area (Å²) in [7, 11) is 6.29. The average molecular weight is 456 g/mol. The zero-order valence-corrected chi connectivity index (χ0v) is 19.3. The van der Waals surface area contributed by atoms with E-state index in [0.29, 0.717) is 23.6 Å². The molecule has 2 N–H and O–H groups in total. The summed E-state index contributed by atoms with van der Waals surface area (Å²) in [5.41, 5.74) is 0.613. The van der Waals surface area contributed by atoms with Gasteiger partial charge in [0.05, 0.1) is 33.4 Å². The van der Waals surface area contributed by atoms with Gasteiger partial charge in [0.1, 0.15) is 11.5 Å². The van der Waals surface area contributed by atoms with Gasteiger partial charge in [0.25, 0.3) is 0 Å². The highest BCUT2D eigenvalue weighted by Gasteiger charge is 2.30.